The average molecular weight is 348 g/mol. The van der Waals surface area contributed by atoms with Crippen LogP contribution < -0.4 is 4.74 Å². The summed E-state index contributed by atoms with van der Waals surface area (Å²) in [5.41, 5.74) is 1.86. The Kier molecular flexibility index (Phi) is 3.56. The van der Waals surface area contributed by atoms with Crippen LogP contribution in [0.4, 0.5) is 0 Å². The quantitative estimate of drug-likeness (QED) is 0.905. The van der Waals surface area contributed by atoms with Crippen LogP contribution in [0.5, 0.6) is 5.75 Å². The number of likely N-dealkylation sites (tertiary alicyclic amines) is 1. The standard InChI is InChI=1S/C17H20N2O4S/c1-23-15-4-2-3-14-17(15)11(6-18-14)5-16(20)19-7-12-9-24(21,22)10-13(12)8-19/h2-4,6,12-13,18H,5,7-10H2,1H3/t12-,13+. The molecule has 2 aromatic rings. The summed E-state index contributed by atoms with van der Waals surface area (Å²) < 4.78 is 28.8. The Bertz CT molecular complexity index is 882. The molecule has 0 unspecified atom stereocenters. The lowest BCUT2D eigenvalue weighted by Gasteiger charge is -2.17. The number of sulfone groups is 1. The number of amides is 1. The van der Waals surface area contributed by atoms with Gasteiger partial charge in [-0.25, -0.2) is 8.42 Å². The highest BCUT2D eigenvalue weighted by Gasteiger charge is 2.44. The van der Waals surface area contributed by atoms with Gasteiger partial charge in [-0.1, -0.05) is 6.07 Å². The number of ether oxygens (including phenoxy) is 1. The molecule has 1 N–H and O–H groups in total. The molecule has 7 heteroatoms. The van der Waals surface area contributed by atoms with Crippen LogP contribution in [0, 0.1) is 11.8 Å². The van der Waals surface area contributed by atoms with Crippen LogP contribution in [0.1, 0.15) is 5.56 Å². The molecule has 1 aromatic carbocycles. The minimum Gasteiger partial charge on any atom is -0.496 e. The predicted octanol–water partition coefficient (Wildman–Crippen LogP) is 1.22. The predicted molar refractivity (Wildman–Crippen MR) is 90.8 cm³/mol. The highest BCUT2D eigenvalue weighted by molar-refractivity contribution is 7.91. The molecular formula is C17H20N2O4S. The molecule has 0 spiro atoms. The van der Waals surface area contributed by atoms with Crippen LogP contribution in [0.3, 0.4) is 0 Å². The molecule has 1 amide bonds. The first-order valence-corrected chi connectivity index (χ1v) is 9.90. The second-order valence-electron chi connectivity index (χ2n) is 6.77. The number of aromatic nitrogens is 1. The van der Waals surface area contributed by atoms with Crippen molar-refractivity contribution in [3.8, 4) is 5.75 Å². The zero-order valence-electron chi connectivity index (χ0n) is 13.5. The molecule has 2 aliphatic rings. The number of rotatable bonds is 3. The third kappa shape index (κ3) is 2.56. The fraction of sp³-hybridized carbons (Fsp3) is 0.471. The first-order valence-electron chi connectivity index (χ1n) is 8.08. The summed E-state index contributed by atoms with van der Waals surface area (Å²) >= 11 is 0. The van der Waals surface area contributed by atoms with Crippen LogP contribution >= 0.6 is 0 Å². The maximum absolute atomic E-state index is 12.7. The zero-order chi connectivity index (χ0) is 16.9. The lowest BCUT2D eigenvalue weighted by molar-refractivity contribution is -0.129. The van der Waals surface area contributed by atoms with E-state index in [-0.39, 0.29) is 29.2 Å². The van der Waals surface area contributed by atoms with Crippen molar-refractivity contribution in [1.82, 2.24) is 9.88 Å². The number of nitrogens with one attached hydrogen (secondary N) is 1. The summed E-state index contributed by atoms with van der Waals surface area (Å²) in [6.45, 7) is 1.12. The highest BCUT2D eigenvalue weighted by Crippen LogP contribution is 2.34. The van der Waals surface area contributed by atoms with Gasteiger partial charge in [-0.05, 0) is 29.5 Å². The van der Waals surface area contributed by atoms with Crippen LogP contribution in [0.2, 0.25) is 0 Å². The van der Waals surface area contributed by atoms with Crippen molar-refractivity contribution in [2.24, 2.45) is 11.8 Å². The molecule has 24 heavy (non-hydrogen) atoms. The first-order chi connectivity index (χ1) is 11.5. The Hall–Kier alpha value is -2.02. The number of fused-ring (bicyclic) bond motifs is 2. The summed E-state index contributed by atoms with van der Waals surface area (Å²) in [6, 6.07) is 5.75. The maximum Gasteiger partial charge on any atom is 0.227 e. The van der Waals surface area contributed by atoms with Gasteiger partial charge in [0.05, 0.1) is 25.0 Å². The summed E-state index contributed by atoms with van der Waals surface area (Å²) in [7, 11) is -1.28. The van der Waals surface area contributed by atoms with Gasteiger partial charge in [0.15, 0.2) is 9.84 Å². The summed E-state index contributed by atoms with van der Waals surface area (Å²) in [5, 5.41) is 0.940. The van der Waals surface area contributed by atoms with E-state index >= 15 is 0 Å². The fourth-order valence-electron chi connectivity index (χ4n) is 4.04. The van der Waals surface area contributed by atoms with Gasteiger partial charge in [-0.3, -0.25) is 4.79 Å². The van der Waals surface area contributed by atoms with Crippen LogP contribution in [0.25, 0.3) is 10.9 Å². The van der Waals surface area contributed by atoms with Gasteiger partial charge in [0.25, 0.3) is 0 Å². The second-order valence-corrected chi connectivity index (χ2v) is 8.92. The lowest BCUT2D eigenvalue weighted by Crippen LogP contribution is -2.32. The average Bonchev–Trinajstić information content (AvgIpc) is 3.18. The number of H-pyrrole nitrogens is 1. The Morgan fingerprint density at radius 2 is 2.00 bits per heavy atom. The van der Waals surface area contributed by atoms with Crippen molar-refractivity contribution in [2.75, 3.05) is 31.7 Å². The molecule has 0 aliphatic carbocycles. The molecule has 0 radical (unpaired) electrons. The maximum atomic E-state index is 12.7. The molecule has 128 valence electrons. The van der Waals surface area contributed by atoms with Crippen molar-refractivity contribution in [2.45, 2.75) is 6.42 Å². The topological polar surface area (TPSA) is 79.5 Å². The van der Waals surface area contributed by atoms with E-state index in [1.165, 1.54) is 0 Å². The van der Waals surface area contributed by atoms with Gasteiger partial charge in [-0.2, -0.15) is 0 Å². The largest absolute Gasteiger partial charge is 0.496 e. The third-order valence-corrected chi connectivity index (χ3v) is 7.05. The molecule has 0 saturated carbocycles. The highest BCUT2D eigenvalue weighted by atomic mass is 32.2. The zero-order valence-corrected chi connectivity index (χ0v) is 14.3. The van der Waals surface area contributed by atoms with Crippen LogP contribution in [-0.2, 0) is 21.1 Å². The van der Waals surface area contributed by atoms with E-state index in [4.69, 9.17) is 4.74 Å². The van der Waals surface area contributed by atoms with E-state index in [0.717, 1.165) is 22.2 Å². The van der Waals surface area contributed by atoms with Gasteiger partial charge in [-0.15, -0.1) is 0 Å². The molecule has 2 saturated heterocycles. The second kappa shape index (κ2) is 5.51. The van der Waals surface area contributed by atoms with Gasteiger partial charge in [0, 0.05) is 30.2 Å². The molecule has 6 nitrogen and oxygen atoms in total. The summed E-state index contributed by atoms with van der Waals surface area (Å²) in [4.78, 5) is 17.7. The molecule has 1 aromatic heterocycles. The molecular weight excluding hydrogens is 328 g/mol. The van der Waals surface area contributed by atoms with E-state index < -0.39 is 9.84 Å². The van der Waals surface area contributed by atoms with E-state index in [1.54, 1.807) is 7.11 Å². The van der Waals surface area contributed by atoms with Crippen LogP contribution in [0.15, 0.2) is 24.4 Å². The van der Waals surface area contributed by atoms with Crippen molar-refractivity contribution >= 4 is 26.6 Å². The summed E-state index contributed by atoms with van der Waals surface area (Å²) in [5.74, 6) is 1.47. The van der Waals surface area contributed by atoms with Gasteiger partial charge in [0.2, 0.25) is 5.91 Å². The number of nitrogens with zero attached hydrogens (tertiary/aromatic N) is 1. The monoisotopic (exact) mass is 348 g/mol. The van der Waals surface area contributed by atoms with Crippen molar-refractivity contribution in [3.63, 3.8) is 0 Å². The van der Waals surface area contributed by atoms with E-state index in [2.05, 4.69) is 4.98 Å². The van der Waals surface area contributed by atoms with Crippen molar-refractivity contribution in [3.05, 3.63) is 30.0 Å². The number of aromatic amines is 1. The Balaban J connectivity index is 1.52. The van der Waals surface area contributed by atoms with Gasteiger partial charge >= 0.3 is 0 Å². The van der Waals surface area contributed by atoms with Gasteiger partial charge < -0.3 is 14.6 Å². The lowest BCUT2D eigenvalue weighted by atomic mass is 10.0. The fourth-order valence-corrected chi connectivity index (χ4v) is 6.24. The minimum absolute atomic E-state index is 0.0496. The Morgan fingerprint density at radius 1 is 1.29 bits per heavy atom. The number of hydrogen-bond donors (Lipinski definition) is 1. The minimum atomic E-state index is -2.90. The molecule has 2 aliphatic heterocycles. The summed E-state index contributed by atoms with van der Waals surface area (Å²) in [6.07, 6.45) is 2.15. The number of carbonyl (C=O) groups is 1. The molecule has 4 rings (SSSR count). The van der Waals surface area contributed by atoms with Gasteiger partial charge in [0.1, 0.15) is 5.75 Å². The number of benzene rings is 1. The Morgan fingerprint density at radius 3 is 2.67 bits per heavy atom. The van der Waals surface area contributed by atoms with E-state index in [9.17, 15) is 13.2 Å². The normalized spacial score (nSPS) is 25.1. The van der Waals surface area contributed by atoms with Crippen LogP contribution in [-0.4, -0.2) is 55.9 Å². The Labute approximate surface area is 140 Å². The molecule has 2 fully saturated rings. The van der Waals surface area contributed by atoms with E-state index in [1.807, 2.05) is 29.3 Å². The number of methoxy groups -OCH3 is 1. The third-order valence-electron chi connectivity index (χ3n) is 5.18. The smallest absolute Gasteiger partial charge is 0.227 e. The number of carbonyl (C=O) groups excluding carboxylic acids is 1. The molecule has 0 bridgehead atoms. The first kappa shape index (κ1) is 15.5. The number of hydrogen-bond acceptors (Lipinski definition) is 4. The SMILES string of the molecule is COc1cccc2[nH]cc(CC(=O)N3C[C@@H]4CS(=O)(=O)C[C@@H]4C3)c12. The van der Waals surface area contributed by atoms with Crippen molar-refractivity contribution < 1.29 is 17.9 Å². The molecule has 2 atom stereocenters. The van der Waals surface area contributed by atoms with E-state index in [0.29, 0.717) is 19.5 Å². The van der Waals surface area contributed by atoms with Crippen molar-refractivity contribution in [1.29, 1.82) is 0 Å². The molecule has 3 heterocycles.